The molecule has 1 saturated heterocycles. The Morgan fingerprint density at radius 3 is 2.56 bits per heavy atom. The van der Waals surface area contributed by atoms with Crippen molar-refractivity contribution in [3.05, 3.63) is 29.8 Å². The molecule has 5 heteroatoms. The maximum Gasteiger partial charge on any atom is 0.118 e. The molecule has 1 atom stereocenters. The molecule has 0 radical (unpaired) electrons. The molecule has 1 unspecified atom stereocenters. The zero-order valence-corrected chi connectivity index (χ0v) is 10.8. The molecule has 2 rings (SSSR count). The molecule has 0 saturated carbocycles. The molecule has 3 N–H and O–H groups in total. The van der Waals surface area contributed by atoms with E-state index in [-0.39, 0.29) is 6.04 Å². The minimum absolute atomic E-state index is 0.133. The molecule has 1 aromatic rings. The number of hydrazine groups is 1. The van der Waals surface area contributed by atoms with Gasteiger partial charge in [0, 0.05) is 19.6 Å². The molecule has 18 heavy (non-hydrogen) atoms. The van der Waals surface area contributed by atoms with E-state index >= 15 is 0 Å². The van der Waals surface area contributed by atoms with Gasteiger partial charge in [-0.15, -0.1) is 0 Å². The van der Waals surface area contributed by atoms with E-state index in [0.717, 1.165) is 32.1 Å². The van der Waals surface area contributed by atoms with Gasteiger partial charge in [-0.25, -0.2) is 10.4 Å². The second-order valence-corrected chi connectivity index (χ2v) is 4.29. The number of hydrogen-bond donors (Lipinski definition) is 2. The van der Waals surface area contributed by atoms with E-state index in [9.17, 15) is 0 Å². The van der Waals surface area contributed by atoms with Gasteiger partial charge in [-0.3, -0.25) is 0 Å². The summed E-state index contributed by atoms with van der Waals surface area (Å²) in [4.78, 5) is 0. The van der Waals surface area contributed by atoms with Gasteiger partial charge in [0.15, 0.2) is 0 Å². The minimum atomic E-state index is 0.133. The van der Waals surface area contributed by atoms with Crippen LogP contribution in [-0.4, -0.2) is 45.0 Å². The quantitative estimate of drug-likeness (QED) is 0.799. The van der Waals surface area contributed by atoms with E-state index in [1.54, 1.807) is 7.11 Å². The first kappa shape index (κ1) is 13.3. The molecular weight excluding hydrogens is 230 g/mol. The van der Waals surface area contributed by atoms with Crippen molar-refractivity contribution in [3.8, 4) is 5.75 Å². The van der Waals surface area contributed by atoms with Crippen LogP contribution < -0.4 is 15.9 Å². The lowest BCUT2D eigenvalue weighted by Crippen LogP contribution is -2.48. The van der Waals surface area contributed by atoms with Crippen LogP contribution in [0.4, 0.5) is 0 Å². The van der Waals surface area contributed by atoms with E-state index in [1.165, 1.54) is 5.56 Å². The fourth-order valence-electron chi connectivity index (χ4n) is 2.01. The third-order valence-corrected chi connectivity index (χ3v) is 3.10. The van der Waals surface area contributed by atoms with E-state index < -0.39 is 0 Å². The highest BCUT2D eigenvalue weighted by Crippen LogP contribution is 2.17. The first-order valence-electron chi connectivity index (χ1n) is 6.26. The number of benzene rings is 1. The number of ether oxygens (including phenoxy) is 2. The zero-order chi connectivity index (χ0) is 12.8. The summed E-state index contributed by atoms with van der Waals surface area (Å²) < 4.78 is 10.5. The number of nitrogens with one attached hydrogen (secondary N) is 1. The normalized spacial score (nSPS) is 18.6. The molecule has 0 aliphatic carbocycles. The predicted molar refractivity (Wildman–Crippen MR) is 70.3 cm³/mol. The molecule has 0 bridgehead atoms. The molecule has 0 amide bonds. The summed E-state index contributed by atoms with van der Waals surface area (Å²) in [6, 6.07) is 8.14. The Labute approximate surface area is 108 Å². The van der Waals surface area contributed by atoms with Gasteiger partial charge in [-0.05, 0) is 17.7 Å². The van der Waals surface area contributed by atoms with Crippen LogP contribution in [0.15, 0.2) is 24.3 Å². The van der Waals surface area contributed by atoms with Gasteiger partial charge in [-0.2, -0.15) is 0 Å². The van der Waals surface area contributed by atoms with Crippen LogP contribution in [0.1, 0.15) is 11.6 Å². The Hall–Kier alpha value is -1.14. The van der Waals surface area contributed by atoms with Crippen molar-refractivity contribution in [2.24, 2.45) is 5.73 Å². The van der Waals surface area contributed by atoms with Gasteiger partial charge in [-0.1, -0.05) is 12.1 Å². The highest BCUT2D eigenvalue weighted by Gasteiger charge is 2.16. The summed E-state index contributed by atoms with van der Waals surface area (Å²) in [6.45, 7) is 3.89. The number of nitrogens with two attached hydrogens (primary N) is 1. The van der Waals surface area contributed by atoms with Crippen LogP contribution in [-0.2, 0) is 4.74 Å². The molecule has 1 fully saturated rings. The fourth-order valence-corrected chi connectivity index (χ4v) is 2.01. The summed E-state index contributed by atoms with van der Waals surface area (Å²) in [7, 11) is 1.67. The van der Waals surface area contributed by atoms with Crippen LogP contribution in [0.25, 0.3) is 0 Å². The molecule has 1 aromatic carbocycles. The average Bonchev–Trinajstić information content (AvgIpc) is 2.46. The monoisotopic (exact) mass is 251 g/mol. The van der Waals surface area contributed by atoms with Crippen molar-refractivity contribution >= 4 is 0 Å². The maximum atomic E-state index is 5.84. The fraction of sp³-hybridized carbons (Fsp3) is 0.538. The van der Waals surface area contributed by atoms with Gasteiger partial charge in [0.25, 0.3) is 0 Å². The van der Waals surface area contributed by atoms with E-state index in [4.69, 9.17) is 15.2 Å². The lowest BCUT2D eigenvalue weighted by Gasteiger charge is -2.31. The van der Waals surface area contributed by atoms with Crippen LogP contribution in [0, 0.1) is 0 Å². The smallest absolute Gasteiger partial charge is 0.118 e. The third-order valence-electron chi connectivity index (χ3n) is 3.10. The van der Waals surface area contributed by atoms with Crippen LogP contribution in [0.2, 0.25) is 0 Å². The predicted octanol–water partition coefficient (Wildman–Crippen LogP) is 0.532. The second kappa shape index (κ2) is 6.70. The highest BCUT2D eigenvalue weighted by atomic mass is 16.5. The van der Waals surface area contributed by atoms with Crippen LogP contribution in [0.5, 0.6) is 5.75 Å². The highest BCUT2D eigenvalue weighted by molar-refractivity contribution is 5.29. The summed E-state index contributed by atoms with van der Waals surface area (Å²) in [6.07, 6.45) is 0. The Balaban J connectivity index is 1.97. The average molecular weight is 251 g/mol. The molecular formula is C13H21N3O2. The van der Waals surface area contributed by atoms with Crippen molar-refractivity contribution in [2.75, 3.05) is 40.0 Å². The van der Waals surface area contributed by atoms with Crippen LogP contribution >= 0.6 is 0 Å². The summed E-state index contributed by atoms with van der Waals surface area (Å²) in [5.74, 6) is 0.862. The Bertz CT molecular complexity index is 350. The summed E-state index contributed by atoms with van der Waals surface area (Å²) >= 11 is 0. The Morgan fingerprint density at radius 2 is 2.00 bits per heavy atom. The van der Waals surface area contributed by atoms with Gasteiger partial charge in [0.05, 0.1) is 26.4 Å². The first-order valence-corrected chi connectivity index (χ1v) is 6.26. The van der Waals surface area contributed by atoms with Gasteiger partial charge in [0.2, 0.25) is 0 Å². The van der Waals surface area contributed by atoms with Crippen molar-refractivity contribution < 1.29 is 9.47 Å². The summed E-state index contributed by atoms with van der Waals surface area (Å²) in [5.41, 5.74) is 10.5. The minimum Gasteiger partial charge on any atom is -0.497 e. The molecule has 0 spiro atoms. The largest absolute Gasteiger partial charge is 0.497 e. The zero-order valence-electron chi connectivity index (χ0n) is 10.8. The third kappa shape index (κ3) is 3.43. The SMILES string of the molecule is COc1ccc(C(CN)NN2CCOCC2)cc1. The summed E-state index contributed by atoms with van der Waals surface area (Å²) in [5, 5.41) is 2.17. The second-order valence-electron chi connectivity index (χ2n) is 4.29. The molecule has 100 valence electrons. The van der Waals surface area contributed by atoms with Crippen molar-refractivity contribution in [2.45, 2.75) is 6.04 Å². The number of rotatable bonds is 5. The standard InChI is InChI=1S/C13H21N3O2/c1-17-12-4-2-11(3-5-12)13(10-14)15-16-6-8-18-9-7-16/h2-5,13,15H,6-10,14H2,1H3. The van der Waals surface area contributed by atoms with Gasteiger partial charge in [0.1, 0.15) is 5.75 Å². The van der Waals surface area contributed by atoms with Crippen molar-refractivity contribution in [3.63, 3.8) is 0 Å². The lowest BCUT2D eigenvalue weighted by atomic mass is 10.1. The van der Waals surface area contributed by atoms with Gasteiger partial charge < -0.3 is 15.2 Å². The first-order chi connectivity index (χ1) is 8.83. The maximum absolute atomic E-state index is 5.84. The molecule has 1 heterocycles. The number of methoxy groups -OCH3 is 1. The molecule has 1 aliphatic rings. The topological polar surface area (TPSA) is 59.8 Å². The van der Waals surface area contributed by atoms with E-state index in [1.807, 2.05) is 24.3 Å². The molecule has 0 aromatic heterocycles. The van der Waals surface area contributed by atoms with E-state index in [0.29, 0.717) is 6.54 Å². The van der Waals surface area contributed by atoms with Gasteiger partial charge >= 0.3 is 0 Å². The number of hydrogen-bond acceptors (Lipinski definition) is 5. The molecule has 5 nitrogen and oxygen atoms in total. The van der Waals surface area contributed by atoms with Crippen LogP contribution in [0.3, 0.4) is 0 Å². The Morgan fingerprint density at radius 1 is 1.33 bits per heavy atom. The Kier molecular flexibility index (Phi) is 4.95. The van der Waals surface area contributed by atoms with Crippen molar-refractivity contribution in [1.82, 2.24) is 10.4 Å². The van der Waals surface area contributed by atoms with Crippen molar-refractivity contribution in [1.29, 1.82) is 0 Å². The number of nitrogens with zero attached hydrogens (tertiary/aromatic N) is 1. The molecule has 1 aliphatic heterocycles. The number of morpholine rings is 1. The van der Waals surface area contributed by atoms with E-state index in [2.05, 4.69) is 10.4 Å². The lowest BCUT2D eigenvalue weighted by molar-refractivity contribution is 0.00404.